The average molecular weight is 2510 g/mol. The molecule has 0 saturated heterocycles. The van der Waals surface area contributed by atoms with Crippen LogP contribution in [0.3, 0.4) is 0 Å². The van der Waals surface area contributed by atoms with Gasteiger partial charge in [0.2, 0.25) is 0 Å². The number of rotatable bonds is 10. The first-order chi connectivity index (χ1) is 53.4. The number of allylic oxidation sites excluding steroid dienone is 8. The van der Waals surface area contributed by atoms with E-state index in [1.807, 2.05) is 194 Å². The fraction of sp³-hybridized carbons (Fsp3) is 0.110. The molecule has 0 saturated carbocycles. The second-order valence-corrected chi connectivity index (χ2v) is 28.1. The molecule has 0 amide bonds. The molecule has 0 aliphatic carbocycles. The number of aliphatic hydroxyl groups excluding tert-OH is 4. The van der Waals surface area contributed by atoms with Crippen molar-refractivity contribution in [3.05, 3.63) is 330 Å². The molecule has 16 aromatic rings. The van der Waals surface area contributed by atoms with Crippen LogP contribution in [0.25, 0.3) is 118 Å². The zero-order chi connectivity index (χ0) is 79.8. The van der Waals surface area contributed by atoms with Gasteiger partial charge in [-0.15, -0.1) is 88.4 Å². The van der Waals surface area contributed by atoms with E-state index in [0.717, 1.165) is 75.1 Å². The Labute approximate surface area is 757 Å². The van der Waals surface area contributed by atoms with Gasteiger partial charge in [0.25, 0.3) is 5.63 Å². The molecule has 116 heavy (non-hydrogen) atoms. The van der Waals surface area contributed by atoms with Crippen molar-refractivity contribution >= 4 is 138 Å². The molecule has 25 heteroatoms. The molecule has 4 N–H and O–H groups in total. The maximum Gasteiger partial charge on any atom is 0.269 e. The van der Waals surface area contributed by atoms with E-state index in [1.165, 1.54) is 117 Å². The normalized spacial score (nSPS) is 10.5. The van der Waals surface area contributed by atoms with E-state index in [4.69, 9.17) is 34.2 Å². The van der Waals surface area contributed by atoms with Crippen LogP contribution in [0.5, 0.6) is 0 Å². The van der Waals surface area contributed by atoms with Gasteiger partial charge in [0.15, 0.2) is 23.1 Å². The number of carbonyl (C=O) groups is 4. The van der Waals surface area contributed by atoms with Crippen molar-refractivity contribution in [1.29, 1.82) is 0 Å². The SMILES string of the molecule is CC(=O)C=C(C)O.CC(=O)C=C(C)O.CC(=O)C=C(C)O.CC(=O)C=C(C)O.CN(C)c1ccc2[c-]c(-c3nc4ccccc4s3)c(=O)oc2c1.[Ir].[Ir].[Ir].[Ir].[Ir].[c-]1ccc2ccccc2c1-c1nc2ccccc2s1.[c-]1ccccc1-c1[c-]ccs1.[c-]1ccccc1-c1nc2ccccc2o1.[c-]1ccsc1-c1nccc2ccccc12. The van der Waals surface area contributed by atoms with Crippen LogP contribution in [0.2, 0.25) is 0 Å². The van der Waals surface area contributed by atoms with Gasteiger partial charge in [-0.05, 0) is 126 Å². The van der Waals surface area contributed by atoms with Crippen molar-refractivity contribution in [2.75, 3.05) is 19.0 Å². The zero-order valence-corrected chi connectivity index (χ0v) is 79.2. The molecule has 607 valence electrons. The molecule has 9 aromatic carbocycles. The predicted octanol–water partition coefficient (Wildman–Crippen LogP) is 23.1. The van der Waals surface area contributed by atoms with E-state index in [0.29, 0.717) is 22.0 Å². The molecule has 5 radical (unpaired) electrons. The van der Waals surface area contributed by atoms with Crippen LogP contribution >= 0.6 is 45.3 Å². The molecule has 7 aromatic heterocycles. The van der Waals surface area contributed by atoms with Crippen molar-refractivity contribution in [3.63, 3.8) is 0 Å². The summed E-state index contributed by atoms with van der Waals surface area (Å²) in [7, 11) is 3.89. The molecule has 16 nitrogen and oxygen atoms in total. The number of pyridine rings is 1. The quantitative estimate of drug-likeness (QED) is 0.0430. The minimum atomic E-state index is -0.410. The number of hydrogen-bond acceptors (Lipinski definition) is 20. The Morgan fingerprint density at radius 3 is 1.34 bits per heavy atom. The molecule has 0 atom stereocenters. The van der Waals surface area contributed by atoms with E-state index in [9.17, 15) is 24.0 Å². The standard InChI is InChI=1S/C18H13N2O2S.C17H10NS.C13H8NO.C13H8NS.C10H6S.4C5H8O2.5Ir/c1-20(2)12-8-7-11-9-13(18(21)22-15(11)10-12)17-19-14-5-3-4-6-16(14)23-17;1-2-8-13-12(6-1)7-5-9-14(13)17-18-15-10-3-4-11-16(15)19-17;1-2-6-10(7-3-1)13-14-11-8-4-5-9-12(11)15-13;1-2-5-11-10(4-1)7-8-14-13(11)12-6-3-9-15-12;1-2-5-9(6-3-1)10-7-4-8-11-10;4*1-4(6)3-5(2)7;;;;;/h3-8,10H,1-2H3;1-8,10-11H;1-6,8-9H;1-5,7-9H;1-5,8H;4*3,6H,1-2H3;;;;;/q4*-1;-2;;;;;;;;;. The third kappa shape index (κ3) is 32.8. The first-order valence-electron chi connectivity index (χ1n) is 34.2. The Bertz CT molecular complexity index is 5710. The second kappa shape index (κ2) is 52.2. The molecule has 0 bridgehead atoms. The first kappa shape index (κ1) is 101. The number of aliphatic hydroxyl groups is 4. The van der Waals surface area contributed by atoms with Crippen LogP contribution in [0.4, 0.5) is 5.69 Å². The van der Waals surface area contributed by atoms with Crippen LogP contribution in [-0.4, -0.2) is 77.6 Å². The Balaban J connectivity index is 0.000000347. The van der Waals surface area contributed by atoms with Crippen molar-refractivity contribution in [3.8, 4) is 53.6 Å². The summed E-state index contributed by atoms with van der Waals surface area (Å²) >= 11 is 6.56. The Kier molecular flexibility index (Phi) is 45.2. The zero-order valence-electron chi connectivity index (χ0n) is 64.0. The van der Waals surface area contributed by atoms with E-state index in [1.54, 1.807) is 34.0 Å². The van der Waals surface area contributed by atoms with E-state index in [-0.39, 0.29) is 147 Å². The van der Waals surface area contributed by atoms with E-state index >= 15 is 0 Å². The summed E-state index contributed by atoms with van der Waals surface area (Å²) in [5, 5.41) is 44.8. The van der Waals surface area contributed by atoms with Crippen molar-refractivity contribution in [2.24, 2.45) is 0 Å². The minimum Gasteiger partial charge on any atom is -0.512 e. The van der Waals surface area contributed by atoms with E-state index < -0.39 is 5.63 Å². The number of nitrogens with zero attached hydrogens (tertiary/aromatic N) is 5. The molecular formula is C91H77Ir5N5O11S4-6. The summed E-state index contributed by atoms with van der Waals surface area (Å²) in [6.45, 7) is 11.4. The molecule has 0 spiro atoms. The third-order valence-corrected chi connectivity index (χ3v) is 18.3. The number of aromatic nitrogens is 4. The smallest absolute Gasteiger partial charge is 0.269 e. The van der Waals surface area contributed by atoms with Gasteiger partial charge in [0.1, 0.15) is 11.5 Å². The fourth-order valence-corrected chi connectivity index (χ4v) is 13.3. The number of fused-ring (bicyclic) bond motifs is 6. The van der Waals surface area contributed by atoms with Gasteiger partial charge in [-0.3, -0.25) is 50.3 Å². The van der Waals surface area contributed by atoms with Crippen molar-refractivity contribution < 1.29 is 149 Å². The maximum absolute atomic E-state index is 12.3. The molecule has 0 aliphatic heterocycles. The molecule has 0 aliphatic rings. The van der Waals surface area contributed by atoms with Gasteiger partial charge in [0.05, 0.1) is 50.2 Å². The summed E-state index contributed by atoms with van der Waals surface area (Å²) in [4.78, 5) is 74.7. The Morgan fingerprint density at radius 2 is 0.879 bits per heavy atom. The number of anilines is 1. The average Bonchev–Trinajstić information content (AvgIpc) is 1.75. The first-order valence-corrected chi connectivity index (χ1v) is 37.6. The van der Waals surface area contributed by atoms with Gasteiger partial charge >= 0.3 is 0 Å². The monoisotopic (exact) mass is 2510 g/mol. The minimum absolute atomic E-state index is 0. The van der Waals surface area contributed by atoms with Crippen molar-refractivity contribution in [2.45, 2.75) is 55.4 Å². The summed E-state index contributed by atoms with van der Waals surface area (Å²) < 4.78 is 13.4. The van der Waals surface area contributed by atoms with Gasteiger partial charge < -0.3 is 39.1 Å². The number of carbonyl (C=O) groups excluding carboxylic acids is 4. The van der Waals surface area contributed by atoms with Gasteiger partial charge in [-0.2, -0.15) is 63.9 Å². The third-order valence-electron chi connectivity index (χ3n) is 14.5. The Hall–Kier alpha value is -9.60. The number of thiophene rings is 2. The largest absolute Gasteiger partial charge is 0.512 e. The maximum atomic E-state index is 12.3. The van der Waals surface area contributed by atoms with Crippen LogP contribution < -0.4 is 10.5 Å². The Morgan fingerprint density at radius 1 is 0.422 bits per heavy atom. The topological polar surface area (TPSA) is 247 Å². The van der Waals surface area contributed by atoms with Gasteiger partial charge in [-0.25, -0.2) is 29.0 Å². The number of oxazole rings is 1. The van der Waals surface area contributed by atoms with Crippen LogP contribution in [0.15, 0.2) is 296 Å². The second-order valence-electron chi connectivity index (χ2n) is 24.2. The van der Waals surface area contributed by atoms with E-state index in [2.05, 4.69) is 112 Å². The summed E-state index contributed by atoms with van der Waals surface area (Å²) in [6.07, 6.45) is 6.52. The fourth-order valence-electron chi connectivity index (χ4n) is 10.0. The molecule has 0 fully saturated rings. The molecular weight excluding hydrogens is 2430 g/mol. The number of para-hydroxylation sites is 4. The van der Waals surface area contributed by atoms with Crippen LogP contribution in [0.1, 0.15) is 55.4 Å². The van der Waals surface area contributed by atoms with Gasteiger partial charge in [-0.1, -0.05) is 112 Å². The molecule has 7 heterocycles. The summed E-state index contributed by atoms with van der Waals surface area (Å²) in [5.41, 5.74) is 9.25. The number of benzene rings is 9. The van der Waals surface area contributed by atoms with Crippen LogP contribution in [-0.2, 0) is 120 Å². The summed E-state index contributed by atoms with van der Waals surface area (Å²) in [6, 6.07) is 90.8. The number of ketones is 4. The number of thiazole rings is 2. The predicted molar refractivity (Wildman–Crippen MR) is 454 cm³/mol. The molecule has 16 rings (SSSR count). The summed E-state index contributed by atoms with van der Waals surface area (Å²) in [5.74, 6) is 0.372. The number of hydrogen-bond donors (Lipinski definition) is 4. The van der Waals surface area contributed by atoms with Crippen molar-refractivity contribution in [1.82, 2.24) is 19.9 Å². The van der Waals surface area contributed by atoms with Crippen LogP contribution in [0, 0.1) is 36.4 Å². The van der Waals surface area contributed by atoms with Gasteiger partial charge in [0, 0.05) is 165 Å². The molecule has 0 unspecified atom stereocenters.